The van der Waals surface area contributed by atoms with Crippen molar-refractivity contribution >= 4 is 11.8 Å². The average molecular weight is 263 g/mol. The molecule has 1 unspecified atom stereocenters. The number of rotatable bonds is 1. The zero-order valence-corrected chi connectivity index (χ0v) is 11.9. The monoisotopic (exact) mass is 263 g/mol. The predicted molar refractivity (Wildman–Crippen MR) is 71.7 cm³/mol. The number of fused-ring (bicyclic) bond motifs is 1. The van der Waals surface area contributed by atoms with Gasteiger partial charge in [0.2, 0.25) is 5.54 Å². The Morgan fingerprint density at radius 1 is 1.37 bits per heavy atom. The second kappa shape index (κ2) is 4.62. The molecule has 2 aliphatic heterocycles. The summed E-state index contributed by atoms with van der Waals surface area (Å²) >= 11 is 0. The SMILES string of the molecule is C=C=C1CCCN2CCC(=O)C12C(=O)OC(C)(C)C. The van der Waals surface area contributed by atoms with Gasteiger partial charge in [-0.25, -0.2) is 4.79 Å². The summed E-state index contributed by atoms with van der Waals surface area (Å²) in [5.74, 6) is -0.541. The van der Waals surface area contributed by atoms with Crippen molar-refractivity contribution in [2.75, 3.05) is 13.1 Å². The van der Waals surface area contributed by atoms with Crippen molar-refractivity contribution in [1.82, 2.24) is 4.90 Å². The predicted octanol–water partition coefficient (Wildman–Crippen LogP) is 1.85. The quantitative estimate of drug-likeness (QED) is 0.411. The van der Waals surface area contributed by atoms with E-state index in [0.717, 1.165) is 13.0 Å². The molecule has 4 nitrogen and oxygen atoms in total. The van der Waals surface area contributed by atoms with Crippen LogP contribution in [0.15, 0.2) is 17.9 Å². The summed E-state index contributed by atoms with van der Waals surface area (Å²) < 4.78 is 5.49. The minimum Gasteiger partial charge on any atom is -0.458 e. The van der Waals surface area contributed by atoms with E-state index in [2.05, 4.69) is 12.3 Å². The van der Waals surface area contributed by atoms with Gasteiger partial charge in [0.1, 0.15) is 5.60 Å². The van der Waals surface area contributed by atoms with Gasteiger partial charge >= 0.3 is 5.97 Å². The van der Waals surface area contributed by atoms with Gasteiger partial charge in [-0.1, -0.05) is 6.58 Å². The van der Waals surface area contributed by atoms with Gasteiger partial charge in [0, 0.05) is 25.1 Å². The van der Waals surface area contributed by atoms with Crippen LogP contribution in [0.25, 0.3) is 0 Å². The van der Waals surface area contributed by atoms with Crippen molar-refractivity contribution in [2.24, 2.45) is 0 Å². The van der Waals surface area contributed by atoms with Gasteiger partial charge in [0.15, 0.2) is 5.78 Å². The standard InChI is InChI=1S/C15H21NO3/c1-5-11-7-6-9-16-10-8-12(17)15(11,16)13(18)19-14(2,3)4/h1,6-10H2,2-4H3. The molecular formula is C15H21NO3. The van der Waals surface area contributed by atoms with Gasteiger partial charge in [0.25, 0.3) is 0 Å². The van der Waals surface area contributed by atoms with Crippen molar-refractivity contribution in [2.45, 2.75) is 51.2 Å². The molecule has 2 fully saturated rings. The number of nitrogens with zero attached hydrogens (tertiary/aromatic N) is 1. The Morgan fingerprint density at radius 2 is 2.05 bits per heavy atom. The van der Waals surface area contributed by atoms with Crippen LogP contribution in [0.1, 0.15) is 40.0 Å². The highest BCUT2D eigenvalue weighted by atomic mass is 16.6. The molecule has 0 radical (unpaired) electrons. The first kappa shape index (κ1) is 14.0. The van der Waals surface area contributed by atoms with Crippen LogP contribution in [0.4, 0.5) is 0 Å². The first-order chi connectivity index (χ1) is 8.82. The van der Waals surface area contributed by atoms with E-state index in [9.17, 15) is 9.59 Å². The Labute approximate surface area is 114 Å². The minimum atomic E-state index is -1.24. The molecule has 19 heavy (non-hydrogen) atoms. The van der Waals surface area contributed by atoms with Crippen molar-refractivity contribution in [1.29, 1.82) is 0 Å². The van der Waals surface area contributed by atoms with Crippen molar-refractivity contribution in [3.63, 3.8) is 0 Å². The van der Waals surface area contributed by atoms with E-state index < -0.39 is 17.1 Å². The zero-order chi connectivity index (χ0) is 14.3. The van der Waals surface area contributed by atoms with Gasteiger partial charge < -0.3 is 4.74 Å². The van der Waals surface area contributed by atoms with E-state index in [-0.39, 0.29) is 5.78 Å². The fourth-order valence-corrected chi connectivity index (χ4v) is 2.96. The highest BCUT2D eigenvalue weighted by molar-refractivity contribution is 6.13. The Morgan fingerprint density at radius 3 is 2.63 bits per heavy atom. The van der Waals surface area contributed by atoms with Gasteiger partial charge in [0.05, 0.1) is 0 Å². The van der Waals surface area contributed by atoms with Crippen LogP contribution in [-0.4, -0.2) is 40.9 Å². The van der Waals surface area contributed by atoms with E-state index in [0.29, 0.717) is 25.0 Å². The molecule has 2 saturated heterocycles. The number of ketones is 1. The van der Waals surface area contributed by atoms with Gasteiger partial charge in [-0.15, -0.1) is 5.73 Å². The lowest BCUT2D eigenvalue weighted by atomic mass is 9.80. The molecule has 0 bridgehead atoms. The number of Topliss-reactive ketones (excluding diaryl/α,β-unsaturated/α-hetero) is 1. The Kier molecular flexibility index (Phi) is 3.41. The third kappa shape index (κ3) is 2.15. The lowest BCUT2D eigenvalue weighted by molar-refractivity contribution is -0.168. The van der Waals surface area contributed by atoms with Crippen molar-refractivity contribution < 1.29 is 14.3 Å². The molecule has 2 heterocycles. The van der Waals surface area contributed by atoms with E-state index in [1.54, 1.807) is 0 Å². The third-order valence-corrected chi connectivity index (χ3v) is 3.69. The number of carbonyl (C=O) groups excluding carboxylic acids is 2. The summed E-state index contributed by atoms with van der Waals surface area (Å²) in [6, 6.07) is 0. The maximum Gasteiger partial charge on any atom is 0.339 e. The summed E-state index contributed by atoms with van der Waals surface area (Å²) in [5.41, 5.74) is 1.64. The van der Waals surface area contributed by atoms with Gasteiger partial charge in [-0.05, 0) is 33.6 Å². The van der Waals surface area contributed by atoms with Crippen LogP contribution < -0.4 is 0 Å². The van der Waals surface area contributed by atoms with E-state index >= 15 is 0 Å². The van der Waals surface area contributed by atoms with Crippen molar-refractivity contribution in [3.8, 4) is 0 Å². The first-order valence-corrected chi connectivity index (χ1v) is 6.73. The molecule has 0 aromatic carbocycles. The molecule has 4 heteroatoms. The lowest BCUT2D eigenvalue weighted by Crippen LogP contribution is -2.60. The maximum absolute atomic E-state index is 12.6. The number of piperidine rings is 1. The van der Waals surface area contributed by atoms with Crippen LogP contribution in [0, 0.1) is 0 Å². The summed E-state index contributed by atoms with van der Waals surface area (Å²) in [6.07, 6.45) is 2.01. The molecule has 2 aliphatic rings. The number of carbonyl (C=O) groups is 2. The van der Waals surface area contributed by atoms with E-state index in [1.807, 2.05) is 25.7 Å². The van der Waals surface area contributed by atoms with Crippen LogP contribution in [0.5, 0.6) is 0 Å². The molecule has 104 valence electrons. The molecule has 0 N–H and O–H groups in total. The Balaban J connectivity index is 2.46. The number of ether oxygens (including phenoxy) is 1. The molecule has 0 aliphatic carbocycles. The summed E-state index contributed by atoms with van der Waals surface area (Å²) in [5, 5.41) is 0. The second-order valence-electron chi connectivity index (χ2n) is 6.13. The highest BCUT2D eigenvalue weighted by Crippen LogP contribution is 2.40. The molecular weight excluding hydrogens is 242 g/mol. The molecule has 1 atom stereocenters. The Bertz CT molecular complexity index is 468. The molecule has 2 rings (SSSR count). The first-order valence-electron chi connectivity index (χ1n) is 6.73. The van der Waals surface area contributed by atoms with E-state index in [4.69, 9.17) is 4.74 Å². The average Bonchev–Trinajstić information content (AvgIpc) is 2.65. The molecule has 0 amide bonds. The summed E-state index contributed by atoms with van der Waals surface area (Å²) in [6.45, 7) is 10.4. The topological polar surface area (TPSA) is 46.6 Å². The normalized spacial score (nSPS) is 27.9. The minimum absolute atomic E-state index is 0.0763. The number of hydrogen-bond acceptors (Lipinski definition) is 4. The Hall–Kier alpha value is -1.38. The third-order valence-electron chi connectivity index (χ3n) is 3.69. The molecule has 0 spiro atoms. The maximum atomic E-state index is 12.6. The van der Waals surface area contributed by atoms with E-state index in [1.165, 1.54) is 0 Å². The highest BCUT2D eigenvalue weighted by Gasteiger charge is 2.59. The van der Waals surface area contributed by atoms with Crippen LogP contribution in [0.3, 0.4) is 0 Å². The largest absolute Gasteiger partial charge is 0.458 e. The smallest absolute Gasteiger partial charge is 0.339 e. The molecule has 0 aromatic heterocycles. The molecule has 0 saturated carbocycles. The van der Waals surface area contributed by atoms with Crippen LogP contribution in [-0.2, 0) is 14.3 Å². The second-order valence-corrected chi connectivity index (χ2v) is 6.13. The summed E-state index contributed by atoms with van der Waals surface area (Å²) in [7, 11) is 0. The van der Waals surface area contributed by atoms with Crippen molar-refractivity contribution in [3.05, 3.63) is 17.9 Å². The fraction of sp³-hybridized carbons (Fsp3) is 0.667. The fourth-order valence-electron chi connectivity index (χ4n) is 2.96. The number of esters is 1. The van der Waals surface area contributed by atoms with Gasteiger partial charge in [-0.2, -0.15) is 0 Å². The summed E-state index contributed by atoms with van der Waals surface area (Å²) in [4.78, 5) is 27.0. The van der Waals surface area contributed by atoms with Crippen LogP contribution >= 0.6 is 0 Å². The lowest BCUT2D eigenvalue weighted by Gasteiger charge is -2.41. The number of hydrogen-bond donors (Lipinski definition) is 0. The molecule has 0 aromatic rings. The van der Waals surface area contributed by atoms with Crippen LogP contribution in [0.2, 0.25) is 0 Å². The van der Waals surface area contributed by atoms with Gasteiger partial charge in [-0.3, -0.25) is 9.69 Å². The zero-order valence-electron chi connectivity index (χ0n) is 11.9.